The van der Waals surface area contributed by atoms with E-state index in [4.69, 9.17) is 5.26 Å². The minimum atomic E-state index is -0.262. The summed E-state index contributed by atoms with van der Waals surface area (Å²) in [6, 6.07) is 11.8. The molecular weight excluding hydrogens is 243 g/mol. The number of halogens is 1. The molecule has 0 atom stereocenters. The first-order valence-corrected chi connectivity index (χ1v) is 5.74. The van der Waals surface area contributed by atoms with Gasteiger partial charge in [-0.25, -0.2) is 4.39 Å². The molecule has 1 aromatic carbocycles. The van der Waals surface area contributed by atoms with Gasteiger partial charge < -0.3 is 0 Å². The van der Waals surface area contributed by atoms with Crippen LogP contribution in [0.5, 0.6) is 0 Å². The van der Waals surface area contributed by atoms with Gasteiger partial charge in [0.05, 0.1) is 5.56 Å². The van der Waals surface area contributed by atoms with Crippen LogP contribution in [0.1, 0.15) is 17.0 Å². The standard InChI is InChI=1S/C14H9FN4/c15-12-4-1-10(2-5-12)7-14-18-17-13-6-3-11(8-16)9-19(13)14/h1-6,9H,7H2. The Kier molecular flexibility index (Phi) is 2.69. The molecule has 0 amide bonds. The Bertz CT molecular complexity index is 768. The fourth-order valence-electron chi connectivity index (χ4n) is 1.91. The highest BCUT2D eigenvalue weighted by molar-refractivity contribution is 5.43. The SMILES string of the molecule is N#Cc1ccc2nnc(Cc3ccc(F)cc3)n2c1. The molecule has 5 heteroatoms. The molecule has 0 N–H and O–H groups in total. The van der Waals surface area contributed by atoms with Gasteiger partial charge in [0, 0.05) is 12.6 Å². The summed E-state index contributed by atoms with van der Waals surface area (Å²) >= 11 is 0. The summed E-state index contributed by atoms with van der Waals surface area (Å²) in [7, 11) is 0. The number of hydrogen-bond acceptors (Lipinski definition) is 3. The molecule has 0 saturated carbocycles. The summed E-state index contributed by atoms with van der Waals surface area (Å²) in [6.07, 6.45) is 2.24. The van der Waals surface area contributed by atoms with Crippen molar-refractivity contribution >= 4 is 5.65 Å². The van der Waals surface area contributed by atoms with Gasteiger partial charge in [0.1, 0.15) is 17.7 Å². The van der Waals surface area contributed by atoms with Crippen molar-refractivity contribution in [1.29, 1.82) is 5.26 Å². The van der Waals surface area contributed by atoms with E-state index in [0.717, 1.165) is 11.4 Å². The topological polar surface area (TPSA) is 54.0 Å². The maximum atomic E-state index is 12.8. The van der Waals surface area contributed by atoms with Gasteiger partial charge in [-0.2, -0.15) is 5.26 Å². The van der Waals surface area contributed by atoms with Crippen LogP contribution < -0.4 is 0 Å². The summed E-state index contributed by atoms with van der Waals surface area (Å²) in [4.78, 5) is 0. The van der Waals surface area contributed by atoms with E-state index in [1.807, 2.05) is 0 Å². The molecule has 2 heterocycles. The zero-order valence-electron chi connectivity index (χ0n) is 9.92. The second-order valence-electron chi connectivity index (χ2n) is 4.18. The van der Waals surface area contributed by atoms with Crippen molar-refractivity contribution in [3.8, 4) is 6.07 Å². The molecule has 3 aromatic rings. The normalized spacial score (nSPS) is 10.5. The van der Waals surface area contributed by atoms with Crippen molar-refractivity contribution in [3.05, 3.63) is 65.4 Å². The van der Waals surface area contributed by atoms with E-state index in [2.05, 4.69) is 16.3 Å². The molecule has 19 heavy (non-hydrogen) atoms. The Balaban J connectivity index is 2.01. The van der Waals surface area contributed by atoms with Gasteiger partial charge in [0.2, 0.25) is 0 Å². The third-order valence-corrected chi connectivity index (χ3v) is 2.88. The zero-order chi connectivity index (χ0) is 13.2. The summed E-state index contributed by atoms with van der Waals surface area (Å²) in [5, 5.41) is 17.0. The molecule has 0 unspecified atom stereocenters. The van der Waals surface area contributed by atoms with Gasteiger partial charge >= 0.3 is 0 Å². The van der Waals surface area contributed by atoms with Crippen LogP contribution in [0.3, 0.4) is 0 Å². The Morgan fingerprint density at radius 1 is 1.11 bits per heavy atom. The molecule has 2 aromatic heterocycles. The van der Waals surface area contributed by atoms with E-state index >= 15 is 0 Å². The number of aromatic nitrogens is 3. The third-order valence-electron chi connectivity index (χ3n) is 2.88. The first-order chi connectivity index (χ1) is 9.26. The third kappa shape index (κ3) is 2.16. The van der Waals surface area contributed by atoms with Crippen LogP contribution in [-0.2, 0) is 6.42 Å². The highest BCUT2D eigenvalue weighted by Crippen LogP contribution is 2.11. The lowest BCUT2D eigenvalue weighted by Crippen LogP contribution is -1.97. The molecule has 92 valence electrons. The second kappa shape index (κ2) is 4.50. The average Bonchev–Trinajstić information content (AvgIpc) is 2.84. The van der Waals surface area contributed by atoms with Gasteiger partial charge in [-0.3, -0.25) is 4.40 Å². The number of benzene rings is 1. The average molecular weight is 252 g/mol. The lowest BCUT2D eigenvalue weighted by atomic mass is 10.1. The molecule has 4 nitrogen and oxygen atoms in total. The maximum Gasteiger partial charge on any atom is 0.160 e. The Morgan fingerprint density at radius 2 is 1.89 bits per heavy atom. The van der Waals surface area contributed by atoms with Crippen molar-refractivity contribution in [3.63, 3.8) is 0 Å². The van der Waals surface area contributed by atoms with Crippen LogP contribution in [0.4, 0.5) is 4.39 Å². The first-order valence-electron chi connectivity index (χ1n) is 5.74. The molecule has 0 saturated heterocycles. The summed E-state index contributed by atoms with van der Waals surface area (Å²) < 4.78 is 14.6. The van der Waals surface area contributed by atoms with Crippen LogP contribution >= 0.6 is 0 Å². The molecule has 0 spiro atoms. The molecule has 3 rings (SSSR count). The van der Waals surface area contributed by atoms with E-state index in [1.165, 1.54) is 12.1 Å². The number of fused-ring (bicyclic) bond motifs is 1. The van der Waals surface area contributed by atoms with Crippen molar-refractivity contribution in [1.82, 2.24) is 14.6 Å². The van der Waals surface area contributed by atoms with Crippen molar-refractivity contribution in [2.45, 2.75) is 6.42 Å². The van der Waals surface area contributed by atoms with E-state index in [0.29, 0.717) is 17.6 Å². The molecule has 0 aliphatic rings. The van der Waals surface area contributed by atoms with E-state index in [9.17, 15) is 4.39 Å². The summed E-state index contributed by atoms with van der Waals surface area (Å²) in [5.74, 6) is 0.459. The Morgan fingerprint density at radius 3 is 2.63 bits per heavy atom. The van der Waals surface area contributed by atoms with Gasteiger partial charge in [0.15, 0.2) is 5.65 Å². The highest BCUT2D eigenvalue weighted by Gasteiger charge is 2.07. The van der Waals surface area contributed by atoms with Gasteiger partial charge in [-0.1, -0.05) is 12.1 Å². The lowest BCUT2D eigenvalue weighted by molar-refractivity contribution is 0.627. The van der Waals surface area contributed by atoms with Crippen LogP contribution in [0, 0.1) is 17.1 Å². The molecular formula is C14H9FN4. The van der Waals surface area contributed by atoms with Gasteiger partial charge in [-0.05, 0) is 29.8 Å². The molecule has 0 aliphatic heterocycles. The second-order valence-corrected chi connectivity index (χ2v) is 4.18. The van der Waals surface area contributed by atoms with Crippen molar-refractivity contribution < 1.29 is 4.39 Å². The fourth-order valence-corrected chi connectivity index (χ4v) is 1.91. The van der Waals surface area contributed by atoms with Crippen molar-refractivity contribution in [2.75, 3.05) is 0 Å². The number of pyridine rings is 1. The lowest BCUT2D eigenvalue weighted by Gasteiger charge is -2.01. The highest BCUT2D eigenvalue weighted by atomic mass is 19.1. The summed E-state index contributed by atoms with van der Waals surface area (Å²) in [6.45, 7) is 0. The summed E-state index contributed by atoms with van der Waals surface area (Å²) in [5.41, 5.74) is 2.18. The van der Waals surface area contributed by atoms with E-state index in [-0.39, 0.29) is 5.82 Å². The molecule has 0 radical (unpaired) electrons. The largest absolute Gasteiger partial charge is 0.285 e. The van der Waals surface area contributed by atoms with Crippen LogP contribution in [0.25, 0.3) is 5.65 Å². The number of nitrogens with zero attached hydrogens (tertiary/aromatic N) is 4. The maximum absolute atomic E-state index is 12.8. The number of hydrogen-bond donors (Lipinski definition) is 0. The number of rotatable bonds is 2. The minimum Gasteiger partial charge on any atom is -0.285 e. The quantitative estimate of drug-likeness (QED) is 0.703. The van der Waals surface area contributed by atoms with Gasteiger partial charge in [0.25, 0.3) is 0 Å². The van der Waals surface area contributed by atoms with E-state index in [1.54, 1.807) is 34.9 Å². The van der Waals surface area contributed by atoms with E-state index < -0.39 is 0 Å². The fraction of sp³-hybridized carbons (Fsp3) is 0.0714. The minimum absolute atomic E-state index is 0.262. The van der Waals surface area contributed by atoms with Gasteiger partial charge in [-0.15, -0.1) is 10.2 Å². The Labute approximate surface area is 108 Å². The zero-order valence-corrected chi connectivity index (χ0v) is 9.92. The van der Waals surface area contributed by atoms with Crippen LogP contribution in [0.2, 0.25) is 0 Å². The predicted octanol–water partition coefficient (Wildman–Crippen LogP) is 2.33. The monoisotopic (exact) mass is 252 g/mol. The van der Waals surface area contributed by atoms with Crippen LogP contribution in [0.15, 0.2) is 42.6 Å². The van der Waals surface area contributed by atoms with Crippen LogP contribution in [-0.4, -0.2) is 14.6 Å². The smallest absolute Gasteiger partial charge is 0.160 e. The molecule has 0 bridgehead atoms. The Hall–Kier alpha value is -2.74. The molecule has 0 fully saturated rings. The molecule has 0 aliphatic carbocycles. The van der Waals surface area contributed by atoms with Crippen molar-refractivity contribution in [2.24, 2.45) is 0 Å². The number of nitriles is 1. The first kappa shape index (κ1) is 11.4. The predicted molar refractivity (Wildman–Crippen MR) is 66.9 cm³/mol.